The lowest BCUT2D eigenvalue weighted by atomic mass is 10.2. The van der Waals surface area contributed by atoms with Gasteiger partial charge in [-0.05, 0) is 27.2 Å². The molecule has 0 saturated carbocycles. The van der Waals surface area contributed by atoms with E-state index >= 15 is 0 Å². The summed E-state index contributed by atoms with van der Waals surface area (Å²) in [5.74, 6) is 0. The van der Waals surface area contributed by atoms with E-state index < -0.39 is 18.3 Å². The van der Waals surface area contributed by atoms with Gasteiger partial charge in [0.1, 0.15) is 0 Å². The maximum atomic E-state index is 9.63. The van der Waals surface area contributed by atoms with E-state index in [4.69, 9.17) is 0 Å². The van der Waals surface area contributed by atoms with Crippen molar-refractivity contribution in [3.8, 4) is 0 Å². The van der Waals surface area contributed by atoms with E-state index in [1.54, 1.807) is 20.8 Å². The molecular weight excluding hydrogens is 260 g/mol. The van der Waals surface area contributed by atoms with Crippen LogP contribution < -0.4 is 0 Å². The molecule has 0 aliphatic heterocycles. The molecule has 0 aliphatic rings. The predicted octanol–water partition coefficient (Wildman–Crippen LogP) is -0.539. The van der Waals surface area contributed by atoms with E-state index in [9.17, 15) is 20.4 Å². The lowest BCUT2D eigenvalue weighted by Gasteiger charge is -2.40. The van der Waals surface area contributed by atoms with Crippen LogP contribution in [0.15, 0.2) is 0 Å². The zero-order chi connectivity index (χ0) is 15.7. The zero-order valence-corrected chi connectivity index (χ0v) is 13.2. The minimum atomic E-state index is -0.495. The van der Waals surface area contributed by atoms with E-state index in [-0.39, 0.29) is 12.8 Å². The summed E-state index contributed by atoms with van der Waals surface area (Å²) in [6, 6.07) is 0. The molecule has 4 atom stereocenters. The summed E-state index contributed by atoms with van der Waals surface area (Å²) < 4.78 is 0. The second kappa shape index (κ2) is 10.5. The molecule has 20 heavy (non-hydrogen) atoms. The standard InChI is InChI=1S/C14H32N2O4/c1-5-14(15(6-7-17)8-11(2)18)16(9-12(3)19)10-13(4)20/h11-14,17-20H,5-10H2,1-4H3. The van der Waals surface area contributed by atoms with Gasteiger partial charge in [0.05, 0.1) is 31.1 Å². The first-order chi connectivity index (χ1) is 9.31. The Balaban J connectivity index is 4.96. The lowest BCUT2D eigenvalue weighted by Crippen LogP contribution is -2.54. The summed E-state index contributed by atoms with van der Waals surface area (Å²) in [7, 11) is 0. The molecule has 0 bridgehead atoms. The molecule has 0 aromatic carbocycles. The minimum absolute atomic E-state index is 0.0143. The van der Waals surface area contributed by atoms with E-state index in [1.807, 2.05) is 16.7 Å². The third-order valence-electron chi connectivity index (χ3n) is 3.09. The first kappa shape index (κ1) is 19.8. The van der Waals surface area contributed by atoms with Crippen LogP contribution in [-0.2, 0) is 0 Å². The molecule has 0 amide bonds. The number of rotatable bonds is 11. The summed E-state index contributed by atoms with van der Waals surface area (Å²) in [6.45, 7) is 8.99. The fourth-order valence-electron chi connectivity index (χ4n) is 2.57. The molecule has 0 aromatic rings. The van der Waals surface area contributed by atoms with Gasteiger partial charge in [0.15, 0.2) is 0 Å². The van der Waals surface area contributed by atoms with Gasteiger partial charge in [0.2, 0.25) is 0 Å². The summed E-state index contributed by atoms with van der Waals surface area (Å²) in [5.41, 5.74) is 0. The lowest BCUT2D eigenvalue weighted by molar-refractivity contribution is -0.0306. The number of aliphatic hydroxyl groups excluding tert-OH is 4. The fourth-order valence-corrected chi connectivity index (χ4v) is 2.57. The second-order valence-corrected chi connectivity index (χ2v) is 5.61. The van der Waals surface area contributed by atoms with E-state index in [0.717, 1.165) is 6.42 Å². The van der Waals surface area contributed by atoms with Gasteiger partial charge < -0.3 is 20.4 Å². The molecular formula is C14H32N2O4. The number of nitrogens with zero attached hydrogens (tertiary/aromatic N) is 2. The van der Waals surface area contributed by atoms with Gasteiger partial charge in [0, 0.05) is 26.2 Å². The molecule has 122 valence electrons. The smallest absolute Gasteiger partial charge is 0.0639 e. The molecule has 0 rings (SSSR count). The molecule has 6 nitrogen and oxygen atoms in total. The number of aliphatic hydroxyl groups is 4. The van der Waals surface area contributed by atoms with Crippen LogP contribution in [0.25, 0.3) is 0 Å². The van der Waals surface area contributed by atoms with Crippen LogP contribution in [0.3, 0.4) is 0 Å². The van der Waals surface area contributed by atoms with E-state index in [0.29, 0.717) is 26.2 Å². The van der Waals surface area contributed by atoms with Gasteiger partial charge in [-0.2, -0.15) is 0 Å². The molecule has 4 unspecified atom stereocenters. The zero-order valence-electron chi connectivity index (χ0n) is 13.2. The van der Waals surface area contributed by atoms with Gasteiger partial charge in [-0.15, -0.1) is 0 Å². The van der Waals surface area contributed by atoms with Gasteiger partial charge in [0.25, 0.3) is 0 Å². The van der Waals surface area contributed by atoms with Crippen LogP contribution in [0.4, 0.5) is 0 Å². The molecule has 0 saturated heterocycles. The van der Waals surface area contributed by atoms with Crippen molar-refractivity contribution in [3.05, 3.63) is 0 Å². The van der Waals surface area contributed by atoms with Crippen molar-refractivity contribution in [2.75, 3.05) is 32.8 Å². The molecule has 4 N–H and O–H groups in total. The first-order valence-corrected chi connectivity index (χ1v) is 7.44. The van der Waals surface area contributed by atoms with Crippen molar-refractivity contribution in [2.24, 2.45) is 0 Å². The van der Waals surface area contributed by atoms with Crippen LogP contribution in [0, 0.1) is 0 Å². The van der Waals surface area contributed by atoms with Gasteiger partial charge in [-0.1, -0.05) is 6.92 Å². The van der Waals surface area contributed by atoms with E-state index in [1.165, 1.54) is 0 Å². The highest BCUT2D eigenvalue weighted by atomic mass is 16.3. The quantitative estimate of drug-likeness (QED) is 0.383. The van der Waals surface area contributed by atoms with Crippen LogP contribution >= 0.6 is 0 Å². The van der Waals surface area contributed by atoms with Gasteiger partial charge in [-0.3, -0.25) is 9.80 Å². The molecule has 0 heterocycles. The van der Waals surface area contributed by atoms with Crippen molar-refractivity contribution in [2.45, 2.75) is 58.6 Å². The molecule has 0 aromatic heterocycles. The molecule has 0 aliphatic carbocycles. The predicted molar refractivity (Wildman–Crippen MR) is 79.4 cm³/mol. The Hall–Kier alpha value is -0.240. The first-order valence-electron chi connectivity index (χ1n) is 7.44. The minimum Gasteiger partial charge on any atom is -0.395 e. The largest absolute Gasteiger partial charge is 0.395 e. The van der Waals surface area contributed by atoms with Crippen LogP contribution in [0.5, 0.6) is 0 Å². The topological polar surface area (TPSA) is 87.4 Å². The average Bonchev–Trinajstić information content (AvgIpc) is 2.27. The normalized spacial score (nSPS) is 18.3. The molecule has 0 spiro atoms. The fraction of sp³-hybridized carbons (Fsp3) is 1.00. The van der Waals surface area contributed by atoms with Crippen molar-refractivity contribution in [1.29, 1.82) is 0 Å². The monoisotopic (exact) mass is 292 g/mol. The second-order valence-electron chi connectivity index (χ2n) is 5.61. The maximum absolute atomic E-state index is 9.63. The number of hydrogen-bond acceptors (Lipinski definition) is 6. The summed E-state index contributed by atoms with van der Waals surface area (Å²) >= 11 is 0. The maximum Gasteiger partial charge on any atom is 0.0639 e. The van der Waals surface area contributed by atoms with Crippen molar-refractivity contribution in [1.82, 2.24) is 9.80 Å². The van der Waals surface area contributed by atoms with Crippen LogP contribution in [0.2, 0.25) is 0 Å². The Morgan fingerprint density at radius 3 is 1.50 bits per heavy atom. The average molecular weight is 292 g/mol. The third-order valence-corrected chi connectivity index (χ3v) is 3.09. The van der Waals surface area contributed by atoms with Crippen molar-refractivity contribution < 1.29 is 20.4 Å². The van der Waals surface area contributed by atoms with E-state index in [2.05, 4.69) is 0 Å². The highest BCUT2D eigenvalue weighted by Gasteiger charge is 2.26. The molecule has 0 fully saturated rings. The highest BCUT2D eigenvalue weighted by molar-refractivity contribution is 4.77. The molecule has 0 radical (unpaired) electrons. The van der Waals surface area contributed by atoms with Crippen LogP contribution in [-0.4, -0.2) is 87.5 Å². The van der Waals surface area contributed by atoms with Crippen molar-refractivity contribution in [3.63, 3.8) is 0 Å². The van der Waals surface area contributed by atoms with Crippen LogP contribution in [0.1, 0.15) is 34.1 Å². The third kappa shape index (κ3) is 8.14. The summed E-state index contributed by atoms with van der Waals surface area (Å²) in [5, 5.41) is 38.1. The Labute approximate surface area is 122 Å². The summed E-state index contributed by atoms with van der Waals surface area (Å²) in [4.78, 5) is 4.00. The van der Waals surface area contributed by atoms with Crippen molar-refractivity contribution >= 4 is 0 Å². The summed E-state index contributed by atoms with van der Waals surface area (Å²) in [6.07, 6.45) is -0.723. The Morgan fingerprint density at radius 1 is 0.800 bits per heavy atom. The highest BCUT2D eigenvalue weighted by Crippen LogP contribution is 2.13. The molecule has 6 heteroatoms. The van der Waals surface area contributed by atoms with Gasteiger partial charge in [-0.25, -0.2) is 0 Å². The number of hydrogen-bond donors (Lipinski definition) is 4. The Bertz CT molecular complexity index is 227. The van der Waals surface area contributed by atoms with Gasteiger partial charge >= 0.3 is 0 Å². The SMILES string of the molecule is CCC(N(CCO)CC(C)O)N(CC(C)O)CC(C)O. The Kier molecular flexibility index (Phi) is 10.4. The Morgan fingerprint density at radius 2 is 1.20 bits per heavy atom.